The minimum Gasteiger partial charge on any atom is -0.478 e. The molecule has 2 N–H and O–H groups in total. The van der Waals surface area contributed by atoms with Crippen molar-refractivity contribution in [3.8, 4) is 0 Å². The quantitative estimate of drug-likeness (QED) is 0.829. The number of carboxylic acid groups (broad SMARTS) is 1. The van der Waals surface area contributed by atoms with Crippen LogP contribution in [0.25, 0.3) is 0 Å². The van der Waals surface area contributed by atoms with Crippen molar-refractivity contribution in [1.29, 1.82) is 0 Å². The van der Waals surface area contributed by atoms with Crippen LogP contribution in [0.15, 0.2) is 28.7 Å². The molecule has 0 aliphatic rings. The van der Waals surface area contributed by atoms with E-state index in [4.69, 9.17) is 28.3 Å². The van der Waals surface area contributed by atoms with E-state index in [9.17, 15) is 9.59 Å². The third kappa shape index (κ3) is 3.23. The van der Waals surface area contributed by atoms with Crippen LogP contribution >= 0.6 is 39.1 Å². The normalized spacial score (nSPS) is 10.5. The number of nitrogens with zero attached hydrogens (tertiary/aromatic N) is 1. The summed E-state index contributed by atoms with van der Waals surface area (Å²) in [7, 11) is 1.60. The predicted octanol–water partition coefficient (Wildman–Crippen LogP) is 4.04. The molecule has 1 aromatic carbocycles. The van der Waals surface area contributed by atoms with Crippen molar-refractivity contribution >= 4 is 56.7 Å². The molecule has 0 bridgehead atoms. The minimum atomic E-state index is -1.09. The van der Waals surface area contributed by atoms with Crippen molar-refractivity contribution in [2.45, 2.75) is 0 Å². The molecule has 21 heavy (non-hydrogen) atoms. The summed E-state index contributed by atoms with van der Waals surface area (Å²) in [5, 5.41) is 12.2. The van der Waals surface area contributed by atoms with Crippen LogP contribution in [0.4, 0.5) is 5.69 Å². The van der Waals surface area contributed by atoms with E-state index in [1.165, 1.54) is 16.7 Å². The number of hydrogen-bond donors (Lipinski definition) is 2. The molecule has 0 unspecified atom stereocenters. The summed E-state index contributed by atoms with van der Waals surface area (Å²) in [5.41, 5.74) is 0.676. The largest absolute Gasteiger partial charge is 0.478 e. The first-order chi connectivity index (χ1) is 9.81. The van der Waals surface area contributed by atoms with E-state index >= 15 is 0 Å². The summed E-state index contributed by atoms with van der Waals surface area (Å²) in [6.45, 7) is 0. The number of rotatable bonds is 3. The number of carbonyl (C=O) groups is 2. The number of benzene rings is 1. The smallest absolute Gasteiger partial charge is 0.336 e. The van der Waals surface area contributed by atoms with Gasteiger partial charge in [0.2, 0.25) is 0 Å². The second-order valence-electron chi connectivity index (χ2n) is 4.18. The van der Waals surface area contributed by atoms with Crippen LogP contribution in [0.1, 0.15) is 20.8 Å². The molecular formula is C13H9BrCl2N2O3. The van der Waals surface area contributed by atoms with Crippen molar-refractivity contribution in [2.24, 2.45) is 7.05 Å². The Kier molecular flexibility index (Phi) is 4.61. The van der Waals surface area contributed by atoms with Gasteiger partial charge >= 0.3 is 5.97 Å². The van der Waals surface area contributed by atoms with Crippen LogP contribution < -0.4 is 5.32 Å². The van der Waals surface area contributed by atoms with Crippen LogP contribution in [0, 0.1) is 0 Å². The van der Waals surface area contributed by atoms with E-state index in [-0.39, 0.29) is 21.4 Å². The Morgan fingerprint density at radius 3 is 2.48 bits per heavy atom. The van der Waals surface area contributed by atoms with Gasteiger partial charge in [0, 0.05) is 17.2 Å². The Hall–Kier alpha value is -1.50. The van der Waals surface area contributed by atoms with Gasteiger partial charge in [-0.3, -0.25) is 4.79 Å². The van der Waals surface area contributed by atoms with E-state index in [1.807, 2.05) is 0 Å². The first-order valence-corrected chi connectivity index (χ1v) is 7.21. The van der Waals surface area contributed by atoms with Gasteiger partial charge in [0.15, 0.2) is 0 Å². The van der Waals surface area contributed by atoms with Gasteiger partial charge in [-0.05, 0) is 40.2 Å². The number of anilines is 1. The van der Waals surface area contributed by atoms with Gasteiger partial charge in [-0.2, -0.15) is 0 Å². The molecule has 1 aromatic heterocycles. The minimum absolute atomic E-state index is 0.0516. The number of aromatic nitrogens is 1. The maximum Gasteiger partial charge on any atom is 0.336 e. The van der Waals surface area contributed by atoms with Gasteiger partial charge in [-0.15, -0.1) is 0 Å². The zero-order chi connectivity index (χ0) is 15.7. The third-order valence-electron chi connectivity index (χ3n) is 2.80. The average Bonchev–Trinajstić information content (AvgIpc) is 2.68. The van der Waals surface area contributed by atoms with E-state index in [1.54, 1.807) is 19.2 Å². The highest BCUT2D eigenvalue weighted by Gasteiger charge is 2.17. The molecule has 2 rings (SSSR count). The lowest BCUT2D eigenvalue weighted by Crippen LogP contribution is -2.16. The number of aromatic carboxylic acids is 1. The Bertz CT molecular complexity index is 743. The average molecular weight is 392 g/mol. The fraction of sp³-hybridized carbons (Fsp3) is 0.0769. The molecule has 1 heterocycles. The molecule has 8 heteroatoms. The maximum absolute atomic E-state index is 12.2. The second kappa shape index (κ2) is 6.09. The molecule has 0 spiro atoms. The van der Waals surface area contributed by atoms with Crippen LogP contribution in [0.2, 0.25) is 10.2 Å². The van der Waals surface area contributed by atoms with Gasteiger partial charge in [-0.25, -0.2) is 4.79 Å². The Morgan fingerprint density at radius 2 is 1.95 bits per heavy atom. The molecule has 0 atom stereocenters. The molecule has 0 saturated heterocycles. The lowest BCUT2D eigenvalue weighted by Gasteiger charge is -2.08. The standard InChI is InChI=1S/C13H9BrCl2N2O3/c1-18-10(5-9(15)11(18)16)12(19)17-6-2-3-8(14)7(4-6)13(20)21/h2-5H,1H3,(H,17,19)(H,20,21). The molecular weight excluding hydrogens is 383 g/mol. The third-order valence-corrected chi connectivity index (χ3v) is 4.34. The van der Waals surface area contributed by atoms with Crippen molar-refractivity contribution in [3.63, 3.8) is 0 Å². The SMILES string of the molecule is Cn1c(C(=O)Nc2ccc(Br)c(C(=O)O)c2)cc(Cl)c1Cl. The highest BCUT2D eigenvalue weighted by Crippen LogP contribution is 2.26. The monoisotopic (exact) mass is 390 g/mol. The Labute approximate surface area is 138 Å². The summed E-state index contributed by atoms with van der Waals surface area (Å²) in [4.78, 5) is 23.2. The first-order valence-electron chi connectivity index (χ1n) is 5.66. The van der Waals surface area contributed by atoms with Crippen molar-refractivity contribution in [1.82, 2.24) is 4.57 Å². The first kappa shape index (κ1) is 15.9. The molecule has 0 saturated carbocycles. The van der Waals surface area contributed by atoms with E-state index in [0.717, 1.165) is 0 Å². The molecule has 1 amide bonds. The van der Waals surface area contributed by atoms with Gasteiger partial charge < -0.3 is 15.0 Å². The van der Waals surface area contributed by atoms with Gasteiger partial charge in [0.1, 0.15) is 10.8 Å². The van der Waals surface area contributed by atoms with Crippen molar-refractivity contribution in [2.75, 3.05) is 5.32 Å². The zero-order valence-corrected chi connectivity index (χ0v) is 13.8. The molecule has 0 radical (unpaired) electrons. The van der Waals surface area contributed by atoms with Crippen LogP contribution in [0.5, 0.6) is 0 Å². The van der Waals surface area contributed by atoms with Gasteiger partial charge in [0.25, 0.3) is 5.91 Å². The van der Waals surface area contributed by atoms with Crippen molar-refractivity contribution < 1.29 is 14.7 Å². The Morgan fingerprint density at radius 1 is 1.29 bits per heavy atom. The van der Waals surface area contributed by atoms with Crippen molar-refractivity contribution in [3.05, 3.63) is 50.2 Å². The summed E-state index contributed by atoms with van der Waals surface area (Å²) < 4.78 is 1.87. The molecule has 0 aliphatic heterocycles. The summed E-state index contributed by atoms with van der Waals surface area (Å²) in [5.74, 6) is -1.53. The summed E-state index contributed by atoms with van der Waals surface area (Å²) >= 11 is 14.9. The predicted molar refractivity (Wildman–Crippen MR) is 84.5 cm³/mol. The van der Waals surface area contributed by atoms with Crippen LogP contribution in [0.3, 0.4) is 0 Å². The number of hydrogen-bond acceptors (Lipinski definition) is 2. The summed E-state index contributed by atoms with van der Waals surface area (Å²) in [6.07, 6.45) is 0. The fourth-order valence-electron chi connectivity index (χ4n) is 1.72. The number of nitrogens with one attached hydrogen (secondary N) is 1. The molecule has 110 valence electrons. The van der Waals surface area contributed by atoms with E-state index in [2.05, 4.69) is 21.2 Å². The number of amides is 1. The number of halogens is 3. The molecule has 2 aromatic rings. The fourth-order valence-corrected chi connectivity index (χ4v) is 2.51. The van der Waals surface area contributed by atoms with Crippen LogP contribution in [-0.2, 0) is 7.05 Å². The highest BCUT2D eigenvalue weighted by atomic mass is 79.9. The number of carbonyl (C=O) groups excluding carboxylic acids is 1. The second-order valence-corrected chi connectivity index (χ2v) is 5.80. The summed E-state index contributed by atoms with van der Waals surface area (Å²) in [6, 6.07) is 5.93. The van der Waals surface area contributed by atoms with E-state index in [0.29, 0.717) is 10.2 Å². The lowest BCUT2D eigenvalue weighted by molar-refractivity contribution is 0.0695. The highest BCUT2D eigenvalue weighted by molar-refractivity contribution is 9.10. The van der Waals surface area contributed by atoms with E-state index < -0.39 is 11.9 Å². The Balaban J connectivity index is 2.29. The molecule has 5 nitrogen and oxygen atoms in total. The topological polar surface area (TPSA) is 71.3 Å². The maximum atomic E-state index is 12.2. The van der Waals surface area contributed by atoms with Gasteiger partial charge in [-0.1, -0.05) is 23.2 Å². The molecule has 0 fully saturated rings. The van der Waals surface area contributed by atoms with Gasteiger partial charge in [0.05, 0.1) is 10.6 Å². The zero-order valence-electron chi connectivity index (χ0n) is 10.7. The lowest BCUT2D eigenvalue weighted by atomic mass is 10.2. The number of carboxylic acids is 1. The van der Waals surface area contributed by atoms with Crippen LogP contribution in [-0.4, -0.2) is 21.6 Å². The molecule has 0 aliphatic carbocycles.